The van der Waals surface area contributed by atoms with Crippen LogP contribution in [-0.4, -0.2) is 103 Å². The number of anilines is 2. The Balaban J connectivity index is 0.802. The zero-order valence-electron chi connectivity index (χ0n) is 30.7. The molecule has 1 aliphatic carbocycles. The molecule has 3 saturated heterocycles. The van der Waals surface area contributed by atoms with Crippen LogP contribution in [0.25, 0.3) is 0 Å². The number of ether oxygens (including phenoxy) is 1. The van der Waals surface area contributed by atoms with Gasteiger partial charge in [0.2, 0.25) is 11.8 Å². The summed E-state index contributed by atoms with van der Waals surface area (Å²) in [7, 11) is 0. The standard InChI is InChI=1S/C40H46ClN9O5/c41-33-23-32(7-4-28(33)24-42)55-31-8-5-29(6-9-31)43-40(54)35-10-12-36(47-46-35)50-16-14-26(15-17-50)25-48-18-20-49(21-19-48)30-3-1-2-27(22-30)38(52)44-34-11-13-37(51)45-39(34)53/h1-4,7,10,12,22-23,26,29,31,34H,5-6,8-9,11,13-21,25H2,(H,43,54)(H,44,52)(H,45,51,53). The quantitative estimate of drug-likeness (QED) is 0.257. The van der Waals surface area contributed by atoms with Gasteiger partial charge in [0.05, 0.1) is 16.7 Å². The van der Waals surface area contributed by atoms with Crippen LogP contribution in [0.2, 0.25) is 5.02 Å². The molecule has 2 aromatic carbocycles. The van der Waals surface area contributed by atoms with Gasteiger partial charge < -0.3 is 25.2 Å². The molecule has 1 atom stereocenters. The van der Waals surface area contributed by atoms with Crippen molar-refractivity contribution in [3.8, 4) is 11.8 Å². The Hall–Kier alpha value is -5.26. The second-order valence-electron chi connectivity index (χ2n) is 14.8. The van der Waals surface area contributed by atoms with Gasteiger partial charge in [-0.1, -0.05) is 17.7 Å². The van der Waals surface area contributed by atoms with Crippen LogP contribution in [0.3, 0.4) is 0 Å². The van der Waals surface area contributed by atoms with Gasteiger partial charge in [-0.25, -0.2) is 0 Å². The fourth-order valence-corrected chi connectivity index (χ4v) is 8.08. The number of rotatable bonds is 10. The van der Waals surface area contributed by atoms with E-state index in [0.29, 0.717) is 39.9 Å². The molecule has 3 N–H and O–H groups in total. The first-order chi connectivity index (χ1) is 26.7. The topological polar surface area (TPSA) is 173 Å². The van der Waals surface area contributed by atoms with E-state index in [9.17, 15) is 19.2 Å². The molecule has 288 valence electrons. The summed E-state index contributed by atoms with van der Waals surface area (Å²) in [6.45, 7) is 6.40. The Morgan fingerprint density at radius 1 is 0.855 bits per heavy atom. The summed E-state index contributed by atoms with van der Waals surface area (Å²) in [4.78, 5) is 56.5. The normalized spacial score (nSPS) is 22.4. The van der Waals surface area contributed by atoms with E-state index in [1.165, 1.54) is 0 Å². The molecule has 4 fully saturated rings. The first-order valence-corrected chi connectivity index (χ1v) is 19.6. The van der Waals surface area contributed by atoms with Gasteiger partial charge >= 0.3 is 0 Å². The van der Waals surface area contributed by atoms with Crippen LogP contribution in [-0.2, 0) is 9.59 Å². The Morgan fingerprint density at radius 2 is 1.64 bits per heavy atom. The van der Waals surface area contributed by atoms with E-state index in [1.54, 1.807) is 30.3 Å². The maximum Gasteiger partial charge on any atom is 0.272 e. The van der Waals surface area contributed by atoms with Crippen molar-refractivity contribution < 1.29 is 23.9 Å². The molecular formula is C40H46ClN9O5. The Morgan fingerprint density at radius 3 is 2.33 bits per heavy atom. The number of nitrogens with zero attached hydrogens (tertiary/aromatic N) is 6. The minimum Gasteiger partial charge on any atom is -0.490 e. The van der Waals surface area contributed by atoms with Crippen LogP contribution in [0.4, 0.5) is 11.5 Å². The molecule has 4 aliphatic rings. The molecule has 0 spiro atoms. The molecule has 1 saturated carbocycles. The minimum absolute atomic E-state index is 0.0265. The molecule has 14 nitrogen and oxygen atoms in total. The third kappa shape index (κ3) is 9.71. The van der Waals surface area contributed by atoms with Gasteiger partial charge in [-0.2, -0.15) is 5.26 Å². The fraction of sp³-hybridized carbons (Fsp3) is 0.475. The fourth-order valence-electron chi connectivity index (χ4n) is 7.87. The van der Waals surface area contributed by atoms with E-state index >= 15 is 0 Å². The van der Waals surface area contributed by atoms with Gasteiger partial charge in [0, 0.05) is 75.6 Å². The molecule has 15 heteroatoms. The summed E-state index contributed by atoms with van der Waals surface area (Å²) in [6, 6.07) is 17.6. The third-order valence-corrected chi connectivity index (χ3v) is 11.4. The molecule has 3 aromatic rings. The number of carbonyl (C=O) groups is 4. The third-order valence-electron chi connectivity index (χ3n) is 11.1. The number of nitriles is 1. The number of carbonyl (C=O) groups excluding carboxylic acids is 4. The zero-order chi connectivity index (χ0) is 38.3. The van der Waals surface area contributed by atoms with E-state index < -0.39 is 11.9 Å². The van der Waals surface area contributed by atoms with Crippen LogP contribution in [0.15, 0.2) is 54.6 Å². The van der Waals surface area contributed by atoms with Crippen LogP contribution < -0.4 is 30.5 Å². The SMILES string of the molecule is N#Cc1ccc(OC2CCC(NC(=O)c3ccc(N4CCC(CN5CCN(c6cccc(C(=O)NC7CCC(=O)NC7=O)c6)CC5)CC4)nn3)CC2)cc1Cl. The number of nitrogens with one attached hydrogen (secondary N) is 3. The molecular weight excluding hydrogens is 722 g/mol. The van der Waals surface area contributed by atoms with Crippen molar-refractivity contribution in [1.82, 2.24) is 31.0 Å². The highest BCUT2D eigenvalue weighted by molar-refractivity contribution is 6.31. The van der Waals surface area contributed by atoms with Gasteiger partial charge in [0.1, 0.15) is 17.9 Å². The second kappa shape index (κ2) is 17.5. The maximum atomic E-state index is 13.0. The van der Waals surface area contributed by atoms with Crippen LogP contribution in [0, 0.1) is 17.2 Å². The first kappa shape index (κ1) is 38.0. The lowest BCUT2D eigenvalue weighted by atomic mass is 9.93. The highest BCUT2D eigenvalue weighted by atomic mass is 35.5. The monoisotopic (exact) mass is 767 g/mol. The summed E-state index contributed by atoms with van der Waals surface area (Å²) in [6.07, 6.45) is 5.83. The maximum absolute atomic E-state index is 13.0. The molecule has 0 radical (unpaired) electrons. The lowest BCUT2D eigenvalue weighted by Crippen LogP contribution is -2.52. The molecule has 4 amide bonds. The largest absolute Gasteiger partial charge is 0.490 e. The van der Waals surface area contributed by atoms with Crippen molar-refractivity contribution in [1.29, 1.82) is 5.26 Å². The minimum atomic E-state index is -0.704. The molecule has 3 aliphatic heterocycles. The average Bonchev–Trinajstić information content (AvgIpc) is 3.20. The average molecular weight is 768 g/mol. The summed E-state index contributed by atoms with van der Waals surface area (Å²) < 4.78 is 6.08. The second-order valence-corrected chi connectivity index (χ2v) is 15.2. The van der Waals surface area contributed by atoms with E-state index in [4.69, 9.17) is 21.6 Å². The Labute approximate surface area is 325 Å². The summed E-state index contributed by atoms with van der Waals surface area (Å²) in [5, 5.41) is 26.3. The van der Waals surface area contributed by atoms with Gasteiger partial charge in [0.15, 0.2) is 11.5 Å². The van der Waals surface area contributed by atoms with Crippen molar-refractivity contribution in [2.45, 2.75) is 69.6 Å². The van der Waals surface area contributed by atoms with Gasteiger partial charge in [-0.15, -0.1) is 10.2 Å². The zero-order valence-corrected chi connectivity index (χ0v) is 31.5. The molecule has 55 heavy (non-hydrogen) atoms. The lowest BCUT2D eigenvalue weighted by Gasteiger charge is -2.39. The smallest absolute Gasteiger partial charge is 0.272 e. The predicted octanol–water partition coefficient (Wildman–Crippen LogP) is 3.70. The van der Waals surface area contributed by atoms with Crippen LogP contribution in [0.1, 0.15) is 77.8 Å². The van der Waals surface area contributed by atoms with E-state index in [-0.39, 0.29) is 36.3 Å². The number of hydrogen-bond donors (Lipinski definition) is 3. The number of benzene rings is 2. The van der Waals surface area contributed by atoms with E-state index in [2.05, 4.69) is 46.9 Å². The first-order valence-electron chi connectivity index (χ1n) is 19.2. The molecule has 0 bridgehead atoms. The number of imide groups is 1. The molecule has 1 unspecified atom stereocenters. The van der Waals surface area contributed by atoms with Crippen molar-refractivity contribution in [2.75, 3.05) is 55.6 Å². The highest BCUT2D eigenvalue weighted by Crippen LogP contribution is 2.28. The van der Waals surface area contributed by atoms with Gasteiger partial charge in [0.25, 0.3) is 11.8 Å². The van der Waals surface area contributed by atoms with E-state index in [0.717, 1.165) is 95.8 Å². The van der Waals surface area contributed by atoms with Crippen molar-refractivity contribution in [3.05, 3.63) is 76.4 Å². The van der Waals surface area contributed by atoms with Crippen molar-refractivity contribution in [3.63, 3.8) is 0 Å². The van der Waals surface area contributed by atoms with Gasteiger partial charge in [-0.05, 0) is 93.3 Å². The lowest BCUT2D eigenvalue weighted by molar-refractivity contribution is -0.134. The van der Waals surface area contributed by atoms with Crippen LogP contribution in [0.5, 0.6) is 5.75 Å². The molecule has 7 rings (SSSR count). The number of piperidine rings is 2. The van der Waals surface area contributed by atoms with Crippen LogP contribution >= 0.6 is 11.6 Å². The predicted molar refractivity (Wildman–Crippen MR) is 206 cm³/mol. The summed E-state index contributed by atoms with van der Waals surface area (Å²) in [5.41, 5.74) is 2.20. The summed E-state index contributed by atoms with van der Waals surface area (Å²) in [5.74, 6) is 0.711. The number of hydrogen-bond acceptors (Lipinski definition) is 11. The molecule has 1 aromatic heterocycles. The molecule has 4 heterocycles. The van der Waals surface area contributed by atoms with Crippen molar-refractivity contribution >= 4 is 46.7 Å². The highest BCUT2D eigenvalue weighted by Gasteiger charge is 2.30. The van der Waals surface area contributed by atoms with Gasteiger partial charge in [-0.3, -0.25) is 29.4 Å². The number of aromatic nitrogens is 2. The van der Waals surface area contributed by atoms with Crippen molar-refractivity contribution in [2.24, 2.45) is 5.92 Å². The summed E-state index contributed by atoms with van der Waals surface area (Å²) >= 11 is 6.14. The number of piperazine rings is 1. The number of halogens is 1. The Bertz CT molecular complexity index is 1910. The Kier molecular flexibility index (Phi) is 12.1. The van der Waals surface area contributed by atoms with E-state index in [1.807, 2.05) is 24.3 Å². The number of amides is 4.